The predicted molar refractivity (Wildman–Crippen MR) is 122 cm³/mol. The molecule has 1 amide bonds. The van der Waals surface area contributed by atoms with E-state index in [1.54, 1.807) is 0 Å². The fourth-order valence-electron chi connectivity index (χ4n) is 3.72. The van der Waals surface area contributed by atoms with Gasteiger partial charge in [-0.2, -0.15) is 0 Å². The van der Waals surface area contributed by atoms with Crippen molar-refractivity contribution < 1.29 is 69.6 Å². The van der Waals surface area contributed by atoms with Gasteiger partial charge in [0.25, 0.3) is 0 Å². The van der Waals surface area contributed by atoms with Crippen LogP contribution >= 0.6 is 0 Å². The first-order valence-electron chi connectivity index (χ1n) is 11.4. The van der Waals surface area contributed by atoms with Crippen molar-refractivity contribution in [2.75, 3.05) is 65.5 Å². The van der Waals surface area contributed by atoms with Crippen LogP contribution < -0.4 is 5.32 Å². The SMILES string of the molecule is O=C(O)CN(CCN(CCN(CC(=O)O)CC(=O)O)CC(=O)N[C@@H]1[C@@H](O)[C@H](O)[C@@H](CO)O[C@@H]1O)CC(=O)O. The standard InChI is InChI=1S/C20H34N4O14/c25-10-11-18(35)19(36)17(20(37)38-11)21-12(26)5-22(1-3-23(6-13(27)28)7-14(29)30)2-4-24(8-15(31)32)9-16(33)34/h11,17-20,25,35-37H,1-10H2,(H,21,26)(H,27,28)(H,29,30)(H,31,32)(H,33,34)/t11-,17-,18-,19-,20+/m1/s1. The number of nitrogens with zero attached hydrogens (tertiary/aromatic N) is 3. The number of aliphatic hydroxyl groups is 4. The monoisotopic (exact) mass is 554 g/mol. The first-order chi connectivity index (χ1) is 17.7. The van der Waals surface area contributed by atoms with Crippen LogP contribution in [0.1, 0.15) is 0 Å². The second kappa shape index (κ2) is 16.1. The Balaban J connectivity index is 2.95. The number of nitrogens with one attached hydrogen (secondary N) is 1. The number of carbonyl (C=O) groups is 5. The number of aliphatic hydroxyl groups excluding tert-OH is 4. The molecule has 1 rings (SSSR count). The quantitative estimate of drug-likeness (QED) is 0.0762. The van der Waals surface area contributed by atoms with Gasteiger partial charge in [-0.05, 0) is 0 Å². The van der Waals surface area contributed by atoms with E-state index >= 15 is 0 Å². The van der Waals surface area contributed by atoms with Crippen molar-refractivity contribution in [3.63, 3.8) is 0 Å². The Bertz CT molecular complexity index is 758. The number of carbonyl (C=O) groups excluding carboxylic acids is 1. The first kappa shape index (κ1) is 33.1. The van der Waals surface area contributed by atoms with E-state index in [2.05, 4.69) is 5.32 Å². The fourth-order valence-corrected chi connectivity index (χ4v) is 3.72. The minimum absolute atomic E-state index is 0.108. The Hall–Kier alpha value is -2.97. The molecule has 38 heavy (non-hydrogen) atoms. The van der Waals surface area contributed by atoms with Crippen molar-refractivity contribution in [3.05, 3.63) is 0 Å². The molecule has 0 aromatic rings. The highest BCUT2D eigenvalue weighted by Gasteiger charge is 2.44. The zero-order valence-corrected chi connectivity index (χ0v) is 20.3. The second-order valence-corrected chi connectivity index (χ2v) is 8.59. The number of amides is 1. The van der Waals surface area contributed by atoms with Crippen LogP contribution in [-0.4, -0.2) is 181 Å². The summed E-state index contributed by atoms with van der Waals surface area (Å²) in [6, 6.07) is -1.49. The van der Waals surface area contributed by atoms with Gasteiger partial charge in [0.15, 0.2) is 6.29 Å². The number of ether oxygens (including phenoxy) is 1. The minimum Gasteiger partial charge on any atom is -0.480 e. The number of hydrogen-bond acceptors (Lipinski definition) is 13. The molecule has 0 radical (unpaired) electrons. The normalized spacial score (nSPS) is 23.5. The van der Waals surface area contributed by atoms with Gasteiger partial charge in [0.1, 0.15) is 24.4 Å². The second-order valence-electron chi connectivity index (χ2n) is 8.59. The Kier molecular flexibility index (Phi) is 14.0. The predicted octanol–water partition coefficient (Wildman–Crippen LogP) is -5.85. The molecule has 218 valence electrons. The van der Waals surface area contributed by atoms with Crippen LogP contribution in [0.4, 0.5) is 0 Å². The third-order valence-electron chi connectivity index (χ3n) is 5.50. The maximum atomic E-state index is 12.7. The molecule has 0 spiro atoms. The summed E-state index contributed by atoms with van der Waals surface area (Å²) in [5.41, 5.74) is 0. The van der Waals surface area contributed by atoms with E-state index < -0.39 is 99.8 Å². The van der Waals surface area contributed by atoms with Crippen LogP contribution in [0.15, 0.2) is 0 Å². The summed E-state index contributed by atoms with van der Waals surface area (Å²) >= 11 is 0. The molecule has 9 N–H and O–H groups in total. The van der Waals surface area contributed by atoms with Crippen LogP contribution in [0.5, 0.6) is 0 Å². The summed E-state index contributed by atoms with van der Waals surface area (Å²) in [6.07, 6.45) is -6.43. The zero-order chi connectivity index (χ0) is 29.0. The van der Waals surface area contributed by atoms with Gasteiger partial charge >= 0.3 is 23.9 Å². The molecule has 1 saturated heterocycles. The third kappa shape index (κ3) is 12.0. The maximum absolute atomic E-state index is 12.7. The Morgan fingerprint density at radius 3 is 1.39 bits per heavy atom. The highest BCUT2D eigenvalue weighted by molar-refractivity contribution is 5.78. The Labute approximate surface area is 216 Å². The number of hydrogen-bond donors (Lipinski definition) is 9. The van der Waals surface area contributed by atoms with E-state index in [1.807, 2.05) is 0 Å². The highest BCUT2D eigenvalue weighted by atomic mass is 16.6. The number of carboxylic acids is 4. The maximum Gasteiger partial charge on any atom is 0.317 e. The minimum atomic E-state index is -1.79. The van der Waals surface area contributed by atoms with Crippen molar-refractivity contribution in [2.24, 2.45) is 0 Å². The van der Waals surface area contributed by atoms with Crippen molar-refractivity contribution in [2.45, 2.75) is 30.6 Å². The van der Waals surface area contributed by atoms with E-state index in [9.17, 15) is 39.3 Å². The van der Waals surface area contributed by atoms with E-state index in [0.717, 1.165) is 9.80 Å². The lowest BCUT2D eigenvalue weighted by atomic mass is 9.97. The zero-order valence-electron chi connectivity index (χ0n) is 20.3. The molecule has 0 unspecified atom stereocenters. The van der Waals surface area contributed by atoms with Gasteiger partial charge in [-0.25, -0.2) is 0 Å². The molecule has 5 atom stereocenters. The lowest BCUT2D eigenvalue weighted by molar-refractivity contribution is -0.253. The van der Waals surface area contributed by atoms with Crippen LogP contribution in [0, 0.1) is 0 Å². The van der Waals surface area contributed by atoms with Crippen molar-refractivity contribution >= 4 is 29.8 Å². The Morgan fingerprint density at radius 2 is 1.03 bits per heavy atom. The van der Waals surface area contributed by atoms with Gasteiger partial charge in [-0.15, -0.1) is 0 Å². The van der Waals surface area contributed by atoms with Crippen LogP contribution in [0.25, 0.3) is 0 Å². The van der Waals surface area contributed by atoms with Gasteiger partial charge < -0.3 is 50.9 Å². The van der Waals surface area contributed by atoms with Crippen molar-refractivity contribution in [1.29, 1.82) is 0 Å². The molecule has 1 aliphatic rings. The molecule has 0 aliphatic carbocycles. The molecular weight excluding hydrogens is 520 g/mol. The van der Waals surface area contributed by atoms with Gasteiger partial charge in [-0.1, -0.05) is 0 Å². The van der Waals surface area contributed by atoms with E-state index in [1.165, 1.54) is 4.90 Å². The topological polar surface area (TPSA) is 278 Å². The molecule has 1 aliphatic heterocycles. The third-order valence-corrected chi connectivity index (χ3v) is 5.50. The summed E-state index contributed by atoms with van der Waals surface area (Å²) in [5.74, 6) is -6.03. The molecule has 0 bridgehead atoms. The average molecular weight is 555 g/mol. The largest absolute Gasteiger partial charge is 0.480 e. The molecule has 0 aromatic carbocycles. The van der Waals surface area contributed by atoms with E-state index in [-0.39, 0.29) is 26.2 Å². The van der Waals surface area contributed by atoms with Crippen molar-refractivity contribution in [3.8, 4) is 0 Å². The summed E-state index contributed by atoms with van der Waals surface area (Å²) < 4.78 is 4.97. The summed E-state index contributed by atoms with van der Waals surface area (Å²) in [6.45, 7) is -4.23. The first-order valence-corrected chi connectivity index (χ1v) is 11.4. The summed E-state index contributed by atoms with van der Waals surface area (Å²) in [7, 11) is 0. The smallest absolute Gasteiger partial charge is 0.317 e. The average Bonchev–Trinajstić information content (AvgIpc) is 2.79. The van der Waals surface area contributed by atoms with Crippen LogP contribution in [-0.2, 0) is 28.7 Å². The van der Waals surface area contributed by atoms with Gasteiger partial charge in [-0.3, -0.25) is 38.7 Å². The number of carboxylic acid groups (broad SMARTS) is 4. The van der Waals surface area contributed by atoms with E-state index in [4.69, 9.17) is 30.3 Å². The molecule has 0 saturated carbocycles. The molecule has 18 heteroatoms. The number of aliphatic carboxylic acids is 4. The van der Waals surface area contributed by atoms with Gasteiger partial charge in [0.2, 0.25) is 5.91 Å². The molecule has 1 fully saturated rings. The Morgan fingerprint density at radius 1 is 0.632 bits per heavy atom. The van der Waals surface area contributed by atoms with Crippen LogP contribution in [0.2, 0.25) is 0 Å². The lowest BCUT2D eigenvalue weighted by Crippen LogP contribution is -2.64. The molecule has 18 nitrogen and oxygen atoms in total. The van der Waals surface area contributed by atoms with Crippen LogP contribution in [0.3, 0.4) is 0 Å². The molecule has 1 heterocycles. The van der Waals surface area contributed by atoms with Gasteiger partial charge in [0, 0.05) is 26.2 Å². The van der Waals surface area contributed by atoms with Gasteiger partial charge in [0.05, 0.1) is 39.3 Å². The number of rotatable bonds is 18. The van der Waals surface area contributed by atoms with E-state index in [0.29, 0.717) is 0 Å². The molecular formula is C20H34N4O14. The lowest BCUT2D eigenvalue weighted by Gasteiger charge is -2.40. The summed E-state index contributed by atoms with van der Waals surface area (Å²) in [5, 5.41) is 77.8. The highest BCUT2D eigenvalue weighted by Crippen LogP contribution is 2.19. The fraction of sp³-hybridized carbons (Fsp3) is 0.750. The molecule has 0 aromatic heterocycles. The van der Waals surface area contributed by atoms with Crippen molar-refractivity contribution in [1.82, 2.24) is 20.0 Å². The summed E-state index contributed by atoms with van der Waals surface area (Å²) in [4.78, 5) is 60.4.